The lowest BCUT2D eigenvalue weighted by Crippen LogP contribution is -2.50. The Bertz CT molecular complexity index is 1060. The minimum absolute atomic E-state index is 0.0295. The van der Waals surface area contributed by atoms with Crippen molar-refractivity contribution in [3.05, 3.63) is 107 Å². The highest BCUT2D eigenvalue weighted by Crippen LogP contribution is 2.20. The van der Waals surface area contributed by atoms with E-state index in [2.05, 4.69) is 17.4 Å². The predicted molar refractivity (Wildman–Crippen MR) is 146 cm³/mol. The number of hydrogen-bond acceptors (Lipinski definition) is 3. The molecule has 0 aliphatic heterocycles. The lowest BCUT2D eigenvalue weighted by Gasteiger charge is -2.31. The van der Waals surface area contributed by atoms with Crippen molar-refractivity contribution >= 4 is 35.2 Å². The summed E-state index contributed by atoms with van der Waals surface area (Å²) in [5.41, 5.74) is 3.16. The van der Waals surface area contributed by atoms with Crippen LogP contribution in [0.1, 0.15) is 36.5 Å². The Morgan fingerprint density at radius 2 is 1.57 bits per heavy atom. The smallest absolute Gasteiger partial charge is 0.243 e. The Morgan fingerprint density at radius 1 is 0.914 bits per heavy atom. The van der Waals surface area contributed by atoms with E-state index in [0.717, 1.165) is 23.3 Å². The van der Waals surface area contributed by atoms with Crippen LogP contribution >= 0.6 is 23.4 Å². The van der Waals surface area contributed by atoms with Gasteiger partial charge in [0.2, 0.25) is 11.8 Å². The fourth-order valence-electron chi connectivity index (χ4n) is 3.82. The molecule has 0 bridgehead atoms. The summed E-state index contributed by atoms with van der Waals surface area (Å²) in [5, 5.41) is 3.62. The molecule has 1 N–H and O–H groups in total. The molecule has 0 saturated heterocycles. The predicted octanol–water partition coefficient (Wildman–Crippen LogP) is 6.13. The van der Waals surface area contributed by atoms with Crippen LogP contribution in [0.2, 0.25) is 5.02 Å². The third-order valence-electron chi connectivity index (χ3n) is 5.63. The molecular formula is C29H33ClN2O2S. The summed E-state index contributed by atoms with van der Waals surface area (Å²) in [6.45, 7) is 2.93. The topological polar surface area (TPSA) is 49.4 Å². The maximum absolute atomic E-state index is 13.6. The molecule has 184 valence electrons. The first-order valence-corrected chi connectivity index (χ1v) is 13.6. The van der Waals surface area contributed by atoms with Gasteiger partial charge in [0.25, 0.3) is 0 Å². The summed E-state index contributed by atoms with van der Waals surface area (Å²) in [6.07, 6.45) is 1.66. The summed E-state index contributed by atoms with van der Waals surface area (Å²) in [7, 11) is 0. The first-order valence-electron chi connectivity index (χ1n) is 12.0. The number of carbonyl (C=O) groups excluding carboxylic acids is 2. The number of carbonyl (C=O) groups is 2. The number of nitrogens with zero attached hydrogens (tertiary/aromatic N) is 1. The second-order valence-corrected chi connectivity index (χ2v) is 9.98. The fraction of sp³-hybridized carbons (Fsp3) is 0.310. The van der Waals surface area contributed by atoms with E-state index in [0.29, 0.717) is 36.7 Å². The zero-order valence-electron chi connectivity index (χ0n) is 20.2. The van der Waals surface area contributed by atoms with Crippen molar-refractivity contribution in [2.45, 2.75) is 44.5 Å². The number of rotatable bonds is 13. The first-order chi connectivity index (χ1) is 17.1. The lowest BCUT2D eigenvalue weighted by atomic mass is 10.0. The van der Waals surface area contributed by atoms with E-state index >= 15 is 0 Å². The van der Waals surface area contributed by atoms with Gasteiger partial charge in [-0.1, -0.05) is 91.3 Å². The Balaban J connectivity index is 1.78. The van der Waals surface area contributed by atoms with Gasteiger partial charge in [-0.05, 0) is 35.2 Å². The van der Waals surface area contributed by atoms with Crippen molar-refractivity contribution in [3.63, 3.8) is 0 Å². The van der Waals surface area contributed by atoms with E-state index in [4.69, 9.17) is 11.6 Å². The van der Waals surface area contributed by atoms with E-state index < -0.39 is 6.04 Å². The molecule has 3 rings (SSSR count). The number of thioether (sulfide) groups is 1. The van der Waals surface area contributed by atoms with Crippen molar-refractivity contribution < 1.29 is 9.59 Å². The Labute approximate surface area is 218 Å². The molecule has 0 saturated carbocycles. The molecule has 0 aliphatic carbocycles. The van der Waals surface area contributed by atoms with Crippen LogP contribution in [0.4, 0.5) is 0 Å². The maximum atomic E-state index is 13.6. The molecule has 0 spiro atoms. The van der Waals surface area contributed by atoms with Crippen LogP contribution in [0.3, 0.4) is 0 Å². The normalized spacial score (nSPS) is 11.6. The van der Waals surface area contributed by atoms with Gasteiger partial charge < -0.3 is 10.2 Å². The summed E-state index contributed by atoms with van der Waals surface area (Å²) >= 11 is 7.95. The summed E-state index contributed by atoms with van der Waals surface area (Å²) in [5.74, 6) is 1.39. The van der Waals surface area contributed by atoms with Gasteiger partial charge in [0.05, 0.1) is 0 Å². The zero-order valence-corrected chi connectivity index (χ0v) is 21.7. The van der Waals surface area contributed by atoms with E-state index in [1.807, 2.05) is 79.7 Å². The fourth-order valence-corrected chi connectivity index (χ4v) is 4.92. The van der Waals surface area contributed by atoms with Crippen molar-refractivity contribution in [2.75, 3.05) is 12.3 Å². The van der Waals surface area contributed by atoms with Crippen molar-refractivity contribution in [2.24, 2.45) is 0 Å². The second kappa shape index (κ2) is 14.6. The largest absolute Gasteiger partial charge is 0.354 e. The summed E-state index contributed by atoms with van der Waals surface area (Å²) in [6, 6.07) is 27.0. The molecule has 0 aliphatic rings. The van der Waals surface area contributed by atoms with Crippen molar-refractivity contribution in [1.29, 1.82) is 0 Å². The molecule has 35 heavy (non-hydrogen) atoms. The average molecular weight is 509 g/mol. The number of benzene rings is 3. The highest BCUT2D eigenvalue weighted by Gasteiger charge is 2.30. The maximum Gasteiger partial charge on any atom is 0.243 e. The third-order valence-corrected chi connectivity index (χ3v) is 6.90. The molecule has 3 aromatic carbocycles. The van der Waals surface area contributed by atoms with Crippen LogP contribution in [0.25, 0.3) is 0 Å². The molecule has 0 unspecified atom stereocenters. The molecule has 0 aromatic heterocycles. The van der Waals surface area contributed by atoms with E-state index in [9.17, 15) is 9.59 Å². The number of nitrogens with one attached hydrogen (secondary N) is 1. The molecular weight excluding hydrogens is 476 g/mol. The standard InChI is InChI=1S/C29H33ClN2O2S/c1-2-17-31-29(34)27(20-23-10-5-3-6-11-23)32(21-25-14-9-15-26(30)19-25)28(33)16-18-35-22-24-12-7-4-8-13-24/h3-15,19,27H,2,16-18,20-22H2,1H3,(H,31,34)/t27-/m1/s1. The molecule has 0 radical (unpaired) electrons. The van der Waals surface area contributed by atoms with E-state index in [1.54, 1.807) is 16.7 Å². The van der Waals surface area contributed by atoms with E-state index in [1.165, 1.54) is 5.56 Å². The highest BCUT2D eigenvalue weighted by atomic mass is 35.5. The van der Waals surface area contributed by atoms with Crippen LogP contribution in [-0.4, -0.2) is 35.1 Å². The van der Waals surface area contributed by atoms with Crippen LogP contribution in [0.15, 0.2) is 84.9 Å². The van der Waals surface area contributed by atoms with Gasteiger partial charge in [-0.2, -0.15) is 11.8 Å². The number of halogens is 1. The van der Waals surface area contributed by atoms with Gasteiger partial charge in [0.1, 0.15) is 6.04 Å². The van der Waals surface area contributed by atoms with Gasteiger partial charge >= 0.3 is 0 Å². The minimum atomic E-state index is -0.602. The monoisotopic (exact) mass is 508 g/mol. The third kappa shape index (κ3) is 9.08. The second-order valence-electron chi connectivity index (χ2n) is 8.44. The SMILES string of the molecule is CCCNC(=O)[C@@H](Cc1ccccc1)N(Cc1cccc(Cl)c1)C(=O)CCSCc1ccccc1. The van der Waals surface area contributed by atoms with Gasteiger partial charge in [0.15, 0.2) is 0 Å². The van der Waals surface area contributed by atoms with E-state index in [-0.39, 0.29) is 11.8 Å². The lowest BCUT2D eigenvalue weighted by molar-refractivity contribution is -0.141. The van der Waals surface area contributed by atoms with Crippen LogP contribution in [0, 0.1) is 0 Å². The minimum Gasteiger partial charge on any atom is -0.354 e. The zero-order chi connectivity index (χ0) is 24.9. The van der Waals surface area contributed by atoms with Crippen molar-refractivity contribution in [1.82, 2.24) is 10.2 Å². The summed E-state index contributed by atoms with van der Waals surface area (Å²) < 4.78 is 0. The molecule has 0 fully saturated rings. The van der Waals surface area contributed by atoms with Gasteiger partial charge in [-0.3, -0.25) is 9.59 Å². The molecule has 0 heterocycles. The van der Waals surface area contributed by atoms with Crippen molar-refractivity contribution in [3.8, 4) is 0 Å². The Hall–Kier alpha value is -2.76. The quantitative estimate of drug-likeness (QED) is 0.282. The first kappa shape index (κ1) is 26.8. The van der Waals surface area contributed by atoms with Crippen LogP contribution in [-0.2, 0) is 28.3 Å². The van der Waals surface area contributed by atoms with Gasteiger partial charge in [-0.15, -0.1) is 0 Å². The molecule has 4 nitrogen and oxygen atoms in total. The molecule has 3 aromatic rings. The molecule has 2 amide bonds. The highest BCUT2D eigenvalue weighted by molar-refractivity contribution is 7.98. The summed E-state index contributed by atoms with van der Waals surface area (Å²) in [4.78, 5) is 28.6. The number of hydrogen-bond donors (Lipinski definition) is 1. The molecule has 1 atom stereocenters. The van der Waals surface area contributed by atoms with Gasteiger partial charge in [0, 0.05) is 42.5 Å². The Morgan fingerprint density at radius 3 is 2.23 bits per heavy atom. The van der Waals surface area contributed by atoms with Gasteiger partial charge in [-0.25, -0.2) is 0 Å². The molecule has 6 heteroatoms. The van der Waals surface area contributed by atoms with Crippen LogP contribution < -0.4 is 5.32 Å². The number of amides is 2. The average Bonchev–Trinajstić information content (AvgIpc) is 2.88. The van der Waals surface area contributed by atoms with Crippen LogP contribution in [0.5, 0.6) is 0 Å². The Kier molecular flexibility index (Phi) is 11.2.